The van der Waals surface area contributed by atoms with Gasteiger partial charge in [0, 0.05) is 27.1 Å². The highest BCUT2D eigenvalue weighted by atomic mass is 32.4. The molecule has 0 saturated carbocycles. The van der Waals surface area contributed by atoms with E-state index in [2.05, 4.69) is 102 Å². The van der Waals surface area contributed by atoms with E-state index in [1.54, 1.807) is 0 Å². The summed E-state index contributed by atoms with van der Waals surface area (Å²) in [5.41, 5.74) is 5.61. The lowest BCUT2D eigenvalue weighted by Crippen LogP contribution is -2.34. The second-order valence-corrected chi connectivity index (χ2v) is 14.8. The topological polar surface area (TPSA) is 23.4 Å². The van der Waals surface area contributed by atoms with Gasteiger partial charge in [0.2, 0.25) is 0 Å². The number of fused-ring (bicyclic) bond motifs is 7. The zero-order valence-corrected chi connectivity index (χ0v) is 23.5. The van der Waals surface area contributed by atoms with Crippen LogP contribution in [0.3, 0.4) is 0 Å². The Morgan fingerprint density at radius 2 is 1.07 bits per heavy atom. The van der Waals surface area contributed by atoms with Gasteiger partial charge in [0.1, 0.15) is 23.0 Å². The van der Waals surface area contributed by atoms with Crippen molar-refractivity contribution in [2.24, 2.45) is 0 Å². The van der Waals surface area contributed by atoms with Gasteiger partial charge in [-0.1, -0.05) is 84.6 Å². The highest BCUT2D eigenvalue weighted by molar-refractivity contribution is 8.26. The summed E-state index contributed by atoms with van der Waals surface area (Å²) in [4.78, 5) is 0. The van der Waals surface area contributed by atoms with E-state index in [-0.39, 0.29) is 0 Å². The molecule has 2 aliphatic rings. The van der Waals surface area contributed by atoms with Crippen LogP contribution in [0, 0.1) is 0 Å². The summed E-state index contributed by atoms with van der Waals surface area (Å²) in [6.07, 6.45) is 0. The molecule has 41 heavy (non-hydrogen) atoms. The monoisotopic (exact) mass is 563 g/mol. The average Bonchev–Trinajstić information content (AvgIpc) is 3.35. The van der Waals surface area contributed by atoms with Gasteiger partial charge in [-0.25, -0.2) is 0 Å². The van der Waals surface area contributed by atoms with E-state index >= 15 is 0 Å². The molecular weight excluding hydrogens is 541 g/mol. The Kier molecular flexibility index (Phi) is 4.76. The first kappa shape index (κ1) is 23.1. The molecule has 0 amide bonds. The summed E-state index contributed by atoms with van der Waals surface area (Å²) < 4.78 is 15.5. The van der Waals surface area contributed by atoms with Gasteiger partial charge in [0.05, 0.1) is 22.4 Å². The summed E-state index contributed by atoms with van der Waals surface area (Å²) in [6.45, 7) is 0. The van der Waals surface area contributed by atoms with Crippen LogP contribution in [0.25, 0.3) is 38.6 Å². The molecule has 0 aliphatic carbocycles. The van der Waals surface area contributed by atoms with E-state index < -0.39 is 6.04 Å². The number of hydrogen-bond donors (Lipinski definition) is 0. The molecule has 2 aliphatic heterocycles. The van der Waals surface area contributed by atoms with Crippen molar-refractivity contribution in [1.29, 1.82) is 0 Å². The third-order valence-corrected chi connectivity index (χ3v) is 13.1. The second kappa shape index (κ2) is 8.44. The normalized spacial score (nSPS) is 14.0. The van der Waals surface area contributed by atoms with E-state index in [1.165, 1.54) is 16.3 Å². The summed E-state index contributed by atoms with van der Waals surface area (Å²) in [5.74, 6) is 3.25. The van der Waals surface area contributed by atoms with Crippen molar-refractivity contribution in [3.8, 4) is 39.8 Å². The van der Waals surface area contributed by atoms with Crippen molar-refractivity contribution in [3.05, 3.63) is 133 Å². The fraction of sp³-hybridized carbons (Fsp3) is 0. The minimum absolute atomic E-state index is 0.790. The molecular formula is C36H22NO2PS. The minimum Gasteiger partial charge on any atom is -0.456 e. The smallest absolute Gasteiger partial charge is 0.140 e. The van der Waals surface area contributed by atoms with E-state index in [4.69, 9.17) is 21.3 Å². The van der Waals surface area contributed by atoms with Gasteiger partial charge in [-0.3, -0.25) is 0 Å². The molecule has 5 heteroatoms. The Hall–Kier alpha value is -4.63. The average molecular weight is 564 g/mol. The molecule has 0 bridgehead atoms. The van der Waals surface area contributed by atoms with Gasteiger partial charge >= 0.3 is 0 Å². The molecule has 0 spiro atoms. The zero-order valence-electron chi connectivity index (χ0n) is 21.8. The first-order valence-electron chi connectivity index (χ1n) is 13.6. The maximum atomic E-state index is 6.64. The van der Waals surface area contributed by atoms with Gasteiger partial charge in [0.25, 0.3) is 0 Å². The Labute approximate surface area is 242 Å². The molecule has 3 nitrogen and oxygen atoms in total. The summed E-state index contributed by atoms with van der Waals surface area (Å²) in [5, 5.41) is 5.63. The molecule has 0 radical (unpaired) electrons. The van der Waals surface area contributed by atoms with E-state index in [0.29, 0.717) is 0 Å². The number of hydrogen-bond acceptors (Lipinski definition) is 3. The lowest BCUT2D eigenvalue weighted by Gasteiger charge is -2.37. The predicted octanol–water partition coefficient (Wildman–Crippen LogP) is 8.42. The summed E-state index contributed by atoms with van der Waals surface area (Å²) in [6, 6.07) is 44.2. The van der Waals surface area contributed by atoms with Crippen LogP contribution in [0.5, 0.6) is 23.0 Å². The summed E-state index contributed by atoms with van der Waals surface area (Å²) >= 11 is 6.64. The zero-order chi connectivity index (χ0) is 27.1. The largest absolute Gasteiger partial charge is 0.456 e. The minimum atomic E-state index is -2.35. The second-order valence-electron chi connectivity index (χ2n) is 10.5. The van der Waals surface area contributed by atoms with Crippen LogP contribution in [-0.4, -0.2) is 4.57 Å². The Balaban J connectivity index is 1.30. The van der Waals surface area contributed by atoms with Crippen molar-refractivity contribution in [3.63, 3.8) is 0 Å². The molecule has 0 unspecified atom stereocenters. The molecule has 7 aromatic rings. The van der Waals surface area contributed by atoms with Crippen LogP contribution in [0.15, 0.2) is 133 Å². The van der Waals surface area contributed by atoms with Crippen molar-refractivity contribution in [1.82, 2.24) is 4.57 Å². The number of para-hydroxylation sites is 4. The molecule has 0 N–H and O–H groups in total. The molecule has 1 aromatic heterocycles. The van der Waals surface area contributed by atoms with Crippen molar-refractivity contribution < 1.29 is 9.47 Å². The molecule has 0 saturated heterocycles. The maximum Gasteiger partial charge on any atom is 0.140 e. The summed E-state index contributed by atoms with van der Waals surface area (Å²) in [7, 11) is 0. The fourth-order valence-electron chi connectivity index (χ4n) is 6.44. The number of ether oxygens (including phenoxy) is 2. The van der Waals surface area contributed by atoms with Gasteiger partial charge in [-0.15, -0.1) is 0 Å². The predicted molar refractivity (Wildman–Crippen MR) is 172 cm³/mol. The lowest BCUT2D eigenvalue weighted by molar-refractivity contribution is 0.467. The van der Waals surface area contributed by atoms with E-state index in [1.807, 2.05) is 36.4 Å². The number of nitrogens with zero attached hydrogens (tertiary/aromatic N) is 1. The van der Waals surface area contributed by atoms with Gasteiger partial charge in [-0.2, -0.15) is 0 Å². The number of aromatic nitrogens is 1. The Morgan fingerprint density at radius 1 is 0.488 bits per heavy atom. The van der Waals surface area contributed by atoms with Crippen molar-refractivity contribution in [2.45, 2.75) is 0 Å². The highest BCUT2D eigenvalue weighted by Crippen LogP contribution is 2.59. The van der Waals surface area contributed by atoms with Crippen LogP contribution < -0.4 is 25.4 Å². The quantitative estimate of drug-likeness (QED) is 0.197. The van der Waals surface area contributed by atoms with Gasteiger partial charge in [0.15, 0.2) is 0 Å². The molecule has 0 fully saturated rings. The van der Waals surface area contributed by atoms with Crippen LogP contribution in [0.2, 0.25) is 0 Å². The van der Waals surface area contributed by atoms with Crippen LogP contribution in [-0.2, 0) is 11.8 Å². The van der Waals surface area contributed by atoms with Crippen molar-refractivity contribution >= 4 is 55.6 Å². The van der Waals surface area contributed by atoms with Crippen LogP contribution in [0.1, 0.15) is 0 Å². The highest BCUT2D eigenvalue weighted by Gasteiger charge is 2.42. The third kappa shape index (κ3) is 3.18. The van der Waals surface area contributed by atoms with E-state index in [9.17, 15) is 0 Å². The molecule has 3 heterocycles. The lowest BCUT2D eigenvalue weighted by atomic mass is 10.0. The molecule has 0 atom stereocenters. The first-order chi connectivity index (χ1) is 20.2. The van der Waals surface area contributed by atoms with Crippen molar-refractivity contribution in [2.75, 3.05) is 0 Å². The number of benzene rings is 6. The Morgan fingerprint density at radius 3 is 1.78 bits per heavy atom. The van der Waals surface area contributed by atoms with E-state index in [0.717, 1.165) is 61.2 Å². The molecule has 6 aromatic carbocycles. The number of rotatable bonds is 2. The standard InChI is InChI=1S/C36H22NO2PS/c41-40-34-16-8-6-14-30(34)38-32-21-24(22-33(36(32)40)39-31-15-7-9-17-35(31)40)23-18-19-27-26-12-4-5-13-28(26)37(29(27)20-23)25-10-2-1-3-11-25/h1-22H. The Bertz CT molecular complexity index is 2180. The molecule has 9 rings (SSSR count). The SMILES string of the molecule is S=P12c3ccccc3Oc3cc(-c4ccc5c6ccccc6n(-c6ccccc6)c5c4)cc(c31)Oc1ccccc12. The van der Waals surface area contributed by atoms with Crippen LogP contribution in [0.4, 0.5) is 0 Å². The fourth-order valence-corrected chi connectivity index (χ4v) is 10.9. The third-order valence-electron chi connectivity index (χ3n) is 8.23. The first-order valence-corrected chi connectivity index (χ1v) is 16.4. The molecule has 194 valence electrons. The van der Waals surface area contributed by atoms with Crippen LogP contribution >= 0.6 is 6.04 Å². The van der Waals surface area contributed by atoms with Gasteiger partial charge in [-0.05, 0) is 71.8 Å². The van der Waals surface area contributed by atoms with Gasteiger partial charge < -0.3 is 14.0 Å². The maximum absolute atomic E-state index is 6.64.